The van der Waals surface area contributed by atoms with Crippen LogP contribution in [0, 0.1) is 5.92 Å². The van der Waals surface area contributed by atoms with Gasteiger partial charge in [0, 0.05) is 24.0 Å². The normalized spacial score (nSPS) is 15.7. The van der Waals surface area contributed by atoms with Crippen molar-refractivity contribution in [2.45, 2.75) is 13.0 Å². The quantitative estimate of drug-likeness (QED) is 0.909. The minimum atomic E-state index is -0.0365. The van der Waals surface area contributed by atoms with Gasteiger partial charge in [-0.25, -0.2) is 4.98 Å². The van der Waals surface area contributed by atoms with Crippen molar-refractivity contribution in [3.63, 3.8) is 0 Å². The van der Waals surface area contributed by atoms with Crippen LogP contribution in [0.15, 0.2) is 35.7 Å². The summed E-state index contributed by atoms with van der Waals surface area (Å²) in [6, 6.07) is 10.0. The van der Waals surface area contributed by atoms with Crippen molar-refractivity contribution in [1.29, 1.82) is 0 Å². The molecule has 1 amide bonds. The Bertz CT molecular complexity index is 598. The van der Waals surface area contributed by atoms with E-state index in [1.807, 2.05) is 42.6 Å². The molecule has 21 heavy (non-hydrogen) atoms. The zero-order valence-electron chi connectivity index (χ0n) is 11.7. The highest BCUT2D eigenvalue weighted by atomic mass is 35.5. The highest BCUT2D eigenvalue weighted by molar-refractivity contribution is 7.10. The fraction of sp³-hybridized carbons (Fsp3) is 0.333. The summed E-state index contributed by atoms with van der Waals surface area (Å²) in [6.45, 7) is 3.55. The highest BCUT2D eigenvalue weighted by Crippen LogP contribution is 2.25. The topological polar surface area (TPSA) is 54.0 Å². The first-order valence-electron chi connectivity index (χ1n) is 6.76. The highest BCUT2D eigenvalue weighted by Gasteiger charge is 2.26. The van der Waals surface area contributed by atoms with E-state index in [2.05, 4.69) is 15.6 Å². The van der Waals surface area contributed by atoms with E-state index in [-0.39, 0.29) is 30.3 Å². The van der Waals surface area contributed by atoms with Crippen molar-refractivity contribution in [3.05, 3.63) is 40.7 Å². The molecule has 1 atom stereocenters. The molecule has 1 aromatic heterocycles. The summed E-state index contributed by atoms with van der Waals surface area (Å²) in [4.78, 5) is 16.5. The third-order valence-corrected chi connectivity index (χ3v) is 4.50. The third kappa shape index (κ3) is 3.61. The molecule has 2 N–H and O–H groups in total. The average molecular weight is 324 g/mol. The maximum absolute atomic E-state index is 11.9. The minimum absolute atomic E-state index is 0. The number of hydrogen-bond acceptors (Lipinski definition) is 4. The van der Waals surface area contributed by atoms with E-state index >= 15 is 0 Å². The number of aromatic nitrogens is 1. The van der Waals surface area contributed by atoms with Crippen LogP contribution in [-0.2, 0) is 4.79 Å². The number of thiazole rings is 1. The number of carbonyl (C=O) groups excluding carboxylic acids is 1. The van der Waals surface area contributed by atoms with Gasteiger partial charge in [-0.05, 0) is 6.92 Å². The van der Waals surface area contributed by atoms with Gasteiger partial charge in [-0.15, -0.1) is 23.7 Å². The minimum Gasteiger partial charge on any atom is -0.347 e. The first kappa shape index (κ1) is 15.9. The number of halogens is 1. The molecule has 4 nitrogen and oxygen atoms in total. The molecule has 112 valence electrons. The second kappa shape index (κ2) is 7.02. The van der Waals surface area contributed by atoms with Crippen LogP contribution in [0.3, 0.4) is 0 Å². The van der Waals surface area contributed by atoms with Crippen molar-refractivity contribution < 1.29 is 4.79 Å². The summed E-state index contributed by atoms with van der Waals surface area (Å²) in [7, 11) is 0. The van der Waals surface area contributed by atoms with Crippen LogP contribution >= 0.6 is 23.7 Å². The van der Waals surface area contributed by atoms with Gasteiger partial charge in [0.15, 0.2) is 0 Å². The lowest BCUT2D eigenvalue weighted by atomic mass is 10.0. The lowest BCUT2D eigenvalue weighted by Gasteiger charge is -2.27. The summed E-state index contributed by atoms with van der Waals surface area (Å²) in [5.41, 5.74) is 2.08. The van der Waals surface area contributed by atoms with Gasteiger partial charge in [-0.3, -0.25) is 4.79 Å². The van der Waals surface area contributed by atoms with Crippen LogP contribution in [0.25, 0.3) is 11.3 Å². The van der Waals surface area contributed by atoms with Gasteiger partial charge in [0.05, 0.1) is 17.7 Å². The van der Waals surface area contributed by atoms with Crippen molar-refractivity contribution >= 4 is 29.7 Å². The number of amides is 1. The maximum Gasteiger partial charge on any atom is 0.226 e. The molecule has 0 bridgehead atoms. The molecule has 1 saturated heterocycles. The van der Waals surface area contributed by atoms with Crippen molar-refractivity contribution in [1.82, 2.24) is 15.6 Å². The Kier molecular flexibility index (Phi) is 5.33. The molecular formula is C15H18ClN3OS. The number of rotatable bonds is 4. The fourth-order valence-electron chi connectivity index (χ4n) is 2.10. The third-order valence-electron chi connectivity index (χ3n) is 3.47. The molecule has 0 spiro atoms. The molecule has 6 heteroatoms. The second-order valence-corrected chi connectivity index (χ2v) is 5.91. The largest absolute Gasteiger partial charge is 0.347 e. The van der Waals surface area contributed by atoms with Crippen molar-refractivity contribution in [2.75, 3.05) is 13.1 Å². The SMILES string of the molecule is CC(NC(=O)C1CNC1)c1nc(-c2ccccc2)cs1.Cl. The first-order valence-corrected chi connectivity index (χ1v) is 7.64. The molecule has 0 saturated carbocycles. The van der Waals surface area contributed by atoms with Crippen LogP contribution in [0.5, 0.6) is 0 Å². The fourth-order valence-corrected chi connectivity index (χ4v) is 2.93. The Hall–Kier alpha value is -1.43. The van der Waals surface area contributed by atoms with Gasteiger partial charge < -0.3 is 10.6 Å². The summed E-state index contributed by atoms with van der Waals surface area (Å²) in [5, 5.41) is 9.13. The van der Waals surface area contributed by atoms with Gasteiger partial charge in [0.25, 0.3) is 0 Å². The average Bonchev–Trinajstić information content (AvgIpc) is 2.87. The predicted molar refractivity (Wildman–Crippen MR) is 87.7 cm³/mol. The van der Waals surface area contributed by atoms with E-state index in [0.29, 0.717) is 0 Å². The van der Waals surface area contributed by atoms with E-state index in [1.165, 1.54) is 0 Å². The molecule has 0 aliphatic carbocycles. The monoisotopic (exact) mass is 323 g/mol. The Labute approximate surface area is 134 Å². The molecule has 1 aliphatic heterocycles. The van der Waals surface area contributed by atoms with Crippen LogP contribution in [0.4, 0.5) is 0 Å². The number of hydrogen-bond donors (Lipinski definition) is 2. The van der Waals surface area contributed by atoms with Gasteiger partial charge in [-0.1, -0.05) is 30.3 Å². The first-order chi connectivity index (χ1) is 9.74. The zero-order chi connectivity index (χ0) is 13.9. The Morgan fingerprint density at radius 3 is 2.71 bits per heavy atom. The van der Waals surface area contributed by atoms with Crippen LogP contribution in [0.1, 0.15) is 18.0 Å². The maximum atomic E-state index is 11.9. The van der Waals surface area contributed by atoms with Gasteiger partial charge in [0.2, 0.25) is 5.91 Å². The van der Waals surface area contributed by atoms with Crippen molar-refractivity contribution in [3.8, 4) is 11.3 Å². The Balaban J connectivity index is 0.00000161. The summed E-state index contributed by atoms with van der Waals surface area (Å²) >= 11 is 1.59. The lowest BCUT2D eigenvalue weighted by Crippen LogP contribution is -2.51. The Morgan fingerprint density at radius 1 is 1.38 bits per heavy atom. The summed E-state index contributed by atoms with van der Waals surface area (Å²) in [6.07, 6.45) is 0. The predicted octanol–water partition coefficient (Wildman–Crippen LogP) is 2.63. The van der Waals surface area contributed by atoms with Crippen LogP contribution in [-0.4, -0.2) is 24.0 Å². The van der Waals surface area contributed by atoms with Crippen molar-refractivity contribution in [2.24, 2.45) is 5.92 Å². The van der Waals surface area contributed by atoms with E-state index in [4.69, 9.17) is 0 Å². The summed E-state index contributed by atoms with van der Waals surface area (Å²) < 4.78 is 0. The lowest BCUT2D eigenvalue weighted by molar-refractivity contribution is -0.127. The number of benzene rings is 1. The molecule has 1 fully saturated rings. The molecule has 0 radical (unpaired) electrons. The van der Waals surface area contributed by atoms with E-state index in [9.17, 15) is 4.79 Å². The van der Waals surface area contributed by atoms with E-state index < -0.39 is 0 Å². The van der Waals surface area contributed by atoms with Gasteiger partial charge in [-0.2, -0.15) is 0 Å². The number of carbonyl (C=O) groups is 1. The molecule has 1 unspecified atom stereocenters. The smallest absolute Gasteiger partial charge is 0.226 e. The standard InChI is InChI=1S/C15H17N3OS.ClH/c1-10(17-14(19)12-7-16-8-12)15-18-13(9-20-15)11-5-3-2-4-6-11;/h2-6,9-10,12,16H,7-8H2,1H3,(H,17,19);1H. The van der Waals surface area contributed by atoms with E-state index in [1.54, 1.807) is 11.3 Å². The molecular weight excluding hydrogens is 306 g/mol. The molecule has 1 aliphatic rings. The zero-order valence-corrected chi connectivity index (χ0v) is 13.3. The van der Waals surface area contributed by atoms with Gasteiger partial charge in [0.1, 0.15) is 5.01 Å². The van der Waals surface area contributed by atoms with Crippen LogP contribution < -0.4 is 10.6 Å². The molecule has 1 aromatic carbocycles. The van der Waals surface area contributed by atoms with Gasteiger partial charge >= 0.3 is 0 Å². The second-order valence-electron chi connectivity index (χ2n) is 5.02. The number of nitrogens with zero attached hydrogens (tertiary/aromatic N) is 1. The molecule has 2 heterocycles. The molecule has 3 rings (SSSR count). The molecule has 2 aromatic rings. The van der Waals surface area contributed by atoms with E-state index in [0.717, 1.165) is 29.4 Å². The summed E-state index contributed by atoms with van der Waals surface area (Å²) in [5.74, 6) is 0.235. The number of nitrogens with one attached hydrogen (secondary N) is 2. The van der Waals surface area contributed by atoms with Crippen LogP contribution in [0.2, 0.25) is 0 Å². The Morgan fingerprint density at radius 2 is 2.10 bits per heavy atom.